The quantitative estimate of drug-likeness (QED) is 0.167. The number of hydrogen-bond acceptors (Lipinski definition) is 5. The SMILES string of the molecule is Cc1c(Cl)cccc1NC(=O)c1ccc(OCC(=O)N/N=C/c2ccc(OCc3ccc(Cl)cc3)cc2)cc1. The Balaban J connectivity index is 1.19. The van der Waals surface area contributed by atoms with E-state index in [1.807, 2.05) is 55.5 Å². The maximum Gasteiger partial charge on any atom is 0.277 e. The van der Waals surface area contributed by atoms with Gasteiger partial charge >= 0.3 is 0 Å². The molecule has 0 radical (unpaired) electrons. The first-order valence-corrected chi connectivity index (χ1v) is 12.7. The Morgan fingerprint density at radius 2 is 1.51 bits per heavy atom. The largest absolute Gasteiger partial charge is 0.489 e. The second-order valence-electron chi connectivity index (χ2n) is 8.46. The molecule has 0 bridgehead atoms. The number of nitrogens with zero attached hydrogens (tertiary/aromatic N) is 1. The fourth-order valence-corrected chi connectivity index (χ4v) is 3.70. The lowest BCUT2D eigenvalue weighted by Gasteiger charge is -2.10. The molecule has 0 heterocycles. The van der Waals surface area contributed by atoms with Crippen LogP contribution in [-0.2, 0) is 11.4 Å². The van der Waals surface area contributed by atoms with Gasteiger partial charge in [0.1, 0.15) is 18.1 Å². The fraction of sp³-hybridized carbons (Fsp3) is 0.100. The summed E-state index contributed by atoms with van der Waals surface area (Å²) in [5.41, 5.74) is 6.10. The molecule has 39 heavy (non-hydrogen) atoms. The Kier molecular flexibility index (Phi) is 9.56. The van der Waals surface area contributed by atoms with Crippen LogP contribution >= 0.6 is 23.2 Å². The molecule has 0 aliphatic carbocycles. The Hall–Kier alpha value is -4.33. The molecule has 4 aromatic rings. The molecule has 9 heteroatoms. The Bertz CT molecular complexity index is 1460. The summed E-state index contributed by atoms with van der Waals surface area (Å²) in [6, 6.07) is 26.5. The predicted octanol–water partition coefficient (Wildman–Crippen LogP) is 6.66. The highest BCUT2D eigenvalue weighted by molar-refractivity contribution is 6.32. The van der Waals surface area contributed by atoms with Crippen molar-refractivity contribution in [2.45, 2.75) is 13.5 Å². The van der Waals surface area contributed by atoms with Crippen molar-refractivity contribution in [2.24, 2.45) is 5.10 Å². The molecule has 4 aromatic carbocycles. The molecule has 0 aromatic heterocycles. The number of rotatable bonds is 10. The van der Waals surface area contributed by atoms with E-state index in [1.165, 1.54) is 6.21 Å². The number of anilines is 1. The molecule has 0 aliphatic rings. The zero-order chi connectivity index (χ0) is 27.6. The Morgan fingerprint density at radius 3 is 2.23 bits per heavy atom. The molecule has 7 nitrogen and oxygen atoms in total. The van der Waals surface area contributed by atoms with Crippen molar-refractivity contribution >= 4 is 46.9 Å². The van der Waals surface area contributed by atoms with E-state index in [2.05, 4.69) is 15.8 Å². The third-order valence-corrected chi connectivity index (χ3v) is 6.27. The van der Waals surface area contributed by atoms with Crippen molar-refractivity contribution < 1.29 is 19.1 Å². The molecule has 2 amide bonds. The van der Waals surface area contributed by atoms with Crippen LogP contribution in [0.4, 0.5) is 5.69 Å². The first kappa shape index (κ1) is 27.7. The molecule has 0 fully saturated rings. The van der Waals surface area contributed by atoms with E-state index in [-0.39, 0.29) is 12.5 Å². The second kappa shape index (κ2) is 13.5. The van der Waals surface area contributed by atoms with E-state index in [4.69, 9.17) is 32.7 Å². The van der Waals surface area contributed by atoms with Gasteiger partial charge in [0, 0.05) is 21.3 Å². The highest BCUT2D eigenvalue weighted by Gasteiger charge is 2.10. The van der Waals surface area contributed by atoms with E-state index < -0.39 is 5.91 Å². The van der Waals surface area contributed by atoms with E-state index in [0.29, 0.717) is 39.4 Å². The molecule has 0 spiro atoms. The van der Waals surface area contributed by atoms with Crippen molar-refractivity contribution in [3.63, 3.8) is 0 Å². The number of amides is 2. The van der Waals surface area contributed by atoms with Gasteiger partial charge in [-0.3, -0.25) is 9.59 Å². The molecule has 0 saturated heterocycles. The van der Waals surface area contributed by atoms with Crippen LogP contribution in [0.1, 0.15) is 27.0 Å². The van der Waals surface area contributed by atoms with Gasteiger partial charge in [0.15, 0.2) is 6.61 Å². The van der Waals surface area contributed by atoms with Crippen LogP contribution in [0.2, 0.25) is 10.0 Å². The lowest BCUT2D eigenvalue weighted by molar-refractivity contribution is -0.123. The van der Waals surface area contributed by atoms with Gasteiger partial charge < -0.3 is 14.8 Å². The van der Waals surface area contributed by atoms with Gasteiger partial charge in [0.2, 0.25) is 0 Å². The number of benzene rings is 4. The zero-order valence-electron chi connectivity index (χ0n) is 21.0. The lowest BCUT2D eigenvalue weighted by atomic mass is 10.1. The summed E-state index contributed by atoms with van der Waals surface area (Å²) >= 11 is 12.0. The normalized spacial score (nSPS) is 10.7. The molecule has 2 N–H and O–H groups in total. The highest BCUT2D eigenvalue weighted by atomic mass is 35.5. The number of nitrogens with one attached hydrogen (secondary N) is 2. The van der Waals surface area contributed by atoms with Crippen LogP contribution in [0.25, 0.3) is 0 Å². The van der Waals surface area contributed by atoms with Gasteiger partial charge in [-0.2, -0.15) is 5.10 Å². The van der Waals surface area contributed by atoms with Crippen LogP contribution < -0.4 is 20.2 Å². The maximum absolute atomic E-state index is 12.5. The van der Waals surface area contributed by atoms with Gasteiger partial charge in [-0.15, -0.1) is 0 Å². The van der Waals surface area contributed by atoms with Gasteiger partial charge in [-0.25, -0.2) is 5.43 Å². The maximum atomic E-state index is 12.5. The smallest absolute Gasteiger partial charge is 0.277 e. The van der Waals surface area contributed by atoms with Crippen LogP contribution in [-0.4, -0.2) is 24.6 Å². The molecular formula is C30H25Cl2N3O4. The van der Waals surface area contributed by atoms with Crippen LogP contribution in [0, 0.1) is 6.92 Å². The first-order valence-electron chi connectivity index (χ1n) is 12.0. The molecule has 0 saturated carbocycles. The van der Waals surface area contributed by atoms with Gasteiger partial charge in [-0.05, 0) is 96.4 Å². The molecular weight excluding hydrogens is 537 g/mol. The van der Waals surface area contributed by atoms with Crippen molar-refractivity contribution in [1.82, 2.24) is 5.43 Å². The number of ether oxygens (including phenoxy) is 2. The topological polar surface area (TPSA) is 89.0 Å². The Labute approximate surface area is 236 Å². The number of carbonyl (C=O) groups is 2. The standard InChI is InChI=1S/C30H25Cl2N3O4/c1-20-27(32)3-2-4-28(20)34-30(37)23-9-15-26(16-10-23)39-19-29(36)35-33-17-21-7-13-25(14-8-21)38-18-22-5-11-24(31)12-6-22/h2-17H,18-19H2,1H3,(H,34,37)(H,35,36)/b33-17+. The highest BCUT2D eigenvalue weighted by Crippen LogP contribution is 2.24. The summed E-state index contributed by atoms with van der Waals surface area (Å²) in [7, 11) is 0. The summed E-state index contributed by atoms with van der Waals surface area (Å²) in [6.07, 6.45) is 1.52. The molecule has 198 valence electrons. The monoisotopic (exact) mass is 561 g/mol. The fourth-order valence-electron chi connectivity index (χ4n) is 3.40. The van der Waals surface area contributed by atoms with Crippen LogP contribution in [0.5, 0.6) is 11.5 Å². The van der Waals surface area contributed by atoms with Crippen molar-refractivity contribution in [3.8, 4) is 11.5 Å². The summed E-state index contributed by atoms with van der Waals surface area (Å²) in [6.45, 7) is 2.03. The van der Waals surface area contributed by atoms with Crippen molar-refractivity contribution in [2.75, 3.05) is 11.9 Å². The average Bonchev–Trinajstić information content (AvgIpc) is 2.95. The lowest BCUT2D eigenvalue weighted by Crippen LogP contribution is -2.24. The molecule has 0 aliphatic heterocycles. The third kappa shape index (κ3) is 8.33. The molecule has 4 rings (SSSR count). The van der Waals surface area contributed by atoms with Crippen molar-refractivity contribution in [1.29, 1.82) is 0 Å². The van der Waals surface area contributed by atoms with E-state index in [9.17, 15) is 9.59 Å². The second-order valence-corrected chi connectivity index (χ2v) is 9.30. The van der Waals surface area contributed by atoms with Crippen LogP contribution in [0.3, 0.4) is 0 Å². The van der Waals surface area contributed by atoms with Crippen molar-refractivity contribution in [3.05, 3.63) is 123 Å². The molecule has 0 atom stereocenters. The minimum Gasteiger partial charge on any atom is -0.489 e. The zero-order valence-corrected chi connectivity index (χ0v) is 22.5. The minimum absolute atomic E-state index is 0.234. The Morgan fingerprint density at radius 1 is 0.846 bits per heavy atom. The van der Waals surface area contributed by atoms with E-state index >= 15 is 0 Å². The summed E-state index contributed by atoms with van der Waals surface area (Å²) in [4.78, 5) is 24.6. The first-order chi connectivity index (χ1) is 18.9. The van der Waals surface area contributed by atoms with Gasteiger partial charge in [0.05, 0.1) is 6.21 Å². The van der Waals surface area contributed by atoms with E-state index in [0.717, 1.165) is 16.7 Å². The number of hydrazone groups is 1. The summed E-state index contributed by atoms with van der Waals surface area (Å²) < 4.78 is 11.2. The van der Waals surface area contributed by atoms with E-state index in [1.54, 1.807) is 42.5 Å². The number of halogens is 2. The summed E-state index contributed by atoms with van der Waals surface area (Å²) in [5, 5.41) is 8.05. The molecule has 0 unspecified atom stereocenters. The average molecular weight is 562 g/mol. The number of hydrogen-bond donors (Lipinski definition) is 2. The van der Waals surface area contributed by atoms with Gasteiger partial charge in [0.25, 0.3) is 11.8 Å². The van der Waals surface area contributed by atoms with Gasteiger partial charge in [-0.1, -0.05) is 41.4 Å². The minimum atomic E-state index is -0.424. The van der Waals surface area contributed by atoms with Crippen LogP contribution in [0.15, 0.2) is 96.1 Å². The summed E-state index contributed by atoms with van der Waals surface area (Å²) in [5.74, 6) is 0.453. The number of carbonyl (C=O) groups excluding carboxylic acids is 2. The predicted molar refractivity (Wildman–Crippen MR) is 154 cm³/mol. The third-order valence-electron chi connectivity index (χ3n) is 5.60.